The molecule has 1 aromatic heterocycles. The number of carbonyl (C=O) groups is 2. The molecule has 0 saturated carbocycles. The quantitative estimate of drug-likeness (QED) is 0.721. The van der Waals surface area contributed by atoms with Crippen LogP contribution in [0.3, 0.4) is 0 Å². The van der Waals surface area contributed by atoms with Gasteiger partial charge in [-0.25, -0.2) is 0 Å². The Morgan fingerprint density at radius 2 is 1.88 bits per heavy atom. The first-order chi connectivity index (χ1) is 12.1. The Kier molecular flexibility index (Phi) is 6.95. The number of carbonyl (C=O) groups excluding carboxylic acids is 2. The van der Waals surface area contributed by atoms with Gasteiger partial charge in [-0.3, -0.25) is 14.6 Å². The molecule has 0 saturated heterocycles. The minimum atomic E-state index is -0.204. The summed E-state index contributed by atoms with van der Waals surface area (Å²) in [4.78, 5) is 27.8. The fraction of sp³-hybridized carbons (Fsp3) is 0.316. The lowest BCUT2D eigenvalue weighted by Crippen LogP contribution is -2.35. The minimum absolute atomic E-state index is 0.0427. The molecule has 0 bridgehead atoms. The minimum Gasteiger partial charge on any atom is -0.496 e. The number of pyridine rings is 1. The zero-order chi connectivity index (χ0) is 18.1. The van der Waals surface area contributed by atoms with Crippen molar-refractivity contribution in [2.45, 2.75) is 19.3 Å². The molecule has 0 aliphatic heterocycles. The molecule has 0 radical (unpaired) electrons. The van der Waals surface area contributed by atoms with Gasteiger partial charge >= 0.3 is 0 Å². The molecule has 0 spiro atoms. The van der Waals surface area contributed by atoms with Crippen LogP contribution in [0.25, 0.3) is 0 Å². The number of rotatable bonds is 8. The lowest BCUT2D eigenvalue weighted by atomic mass is 9.96. The number of nitrogens with one attached hydrogen (secondary N) is 2. The van der Waals surface area contributed by atoms with Gasteiger partial charge in [0, 0.05) is 31.9 Å². The van der Waals surface area contributed by atoms with Gasteiger partial charge in [0.1, 0.15) is 5.75 Å². The first-order valence-electron chi connectivity index (χ1n) is 8.19. The molecule has 1 atom stereocenters. The fourth-order valence-electron chi connectivity index (χ4n) is 2.51. The summed E-state index contributed by atoms with van der Waals surface area (Å²) in [6, 6.07) is 11.1. The summed E-state index contributed by atoms with van der Waals surface area (Å²) in [5, 5.41) is 5.56. The predicted molar refractivity (Wildman–Crippen MR) is 95.6 cm³/mol. The van der Waals surface area contributed by atoms with Gasteiger partial charge in [0.25, 0.3) is 5.91 Å². The molecule has 6 nitrogen and oxygen atoms in total. The highest BCUT2D eigenvalue weighted by Gasteiger charge is 2.14. The summed E-state index contributed by atoms with van der Waals surface area (Å²) < 4.78 is 5.33. The van der Waals surface area contributed by atoms with Gasteiger partial charge in [-0.1, -0.05) is 25.1 Å². The van der Waals surface area contributed by atoms with E-state index in [2.05, 4.69) is 15.6 Å². The molecule has 2 rings (SSSR count). The van der Waals surface area contributed by atoms with E-state index in [9.17, 15) is 9.59 Å². The first kappa shape index (κ1) is 18.4. The van der Waals surface area contributed by atoms with Crippen LogP contribution in [0.2, 0.25) is 0 Å². The van der Waals surface area contributed by atoms with E-state index in [0.717, 1.165) is 11.3 Å². The second-order valence-electron chi connectivity index (χ2n) is 5.69. The number of amides is 2. The van der Waals surface area contributed by atoms with Crippen molar-refractivity contribution < 1.29 is 14.3 Å². The average Bonchev–Trinajstić information content (AvgIpc) is 2.65. The zero-order valence-corrected chi connectivity index (χ0v) is 14.5. The Bertz CT molecular complexity index is 704. The molecule has 132 valence electrons. The Labute approximate surface area is 147 Å². The van der Waals surface area contributed by atoms with Crippen LogP contribution in [0.4, 0.5) is 0 Å². The van der Waals surface area contributed by atoms with Crippen LogP contribution in [0.15, 0.2) is 48.8 Å². The van der Waals surface area contributed by atoms with Crippen molar-refractivity contribution in [1.82, 2.24) is 15.6 Å². The van der Waals surface area contributed by atoms with Crippen molar-refractivity contribution in [3.63, 3.8) is 0 Å². The maximum absolute atomic E-state index is 12.1. The van der Waals surface area contributed by atoms with Crippen molar-refractivity contribution in [2.24, 2.45) is 0 Å². The molecule has 2 aromatic rings. The standard InChI is InChI=1S/C19H23N3O3/c1-14(16-7-3-4-8-17(16)25-2)12-18(23)21-10-11-22-19(24)15-6-5-9-20-13-15/h3-9,13-14H,10-12H2,1-2H3,(H,21,23)(H,22,24). The van der Waals surface area contributed by atoms with E-state index in [1.807, 2.05) is 31.2 Å². The monoisotopic (exact) mass is 341 g/mol. The van der Waals surface area contributed by atoms with Crippen molar-refractivity contribution >= 4 is 11.8 Å². The number of hydrogen-bond donors (Lipinski definition) is 2. The number of para-hydroxylation sites is 1. The maximum Gasteiger partial charge on any atom is 0.252 e. The van der Waals surface area contributed by atoms with Crippen LogP contribution in [0, 0.1) is 0 Å². The maximum atomic E-state index is 12.1. The van der Waals surface area contributed by atoms with Gasteiger partial charge in [-0.2, -0.15) is 0 Å². The third-order valence-corrected chi connectivity index (χ3v) is 3.82. The van der Waals surface area contributed by atoms with Crippen LogP contribution < -0.4 is 15.4 Å². The SMILES string of the molecule is COc1ccccc1C(C)CC(=O)NCCNC(=O)c1cccnc1. The predicted octanol–water partition coefficient (Wildman–Crippen LogP) is 2.13. The molecule has 1 unspecified atom stereocenters. The summed E-state index contributed by atoms with van der Waals surface area (Å²) in [6.45, 7) is 2.73. The van der Waals surface area contributed by atoms with Gasteiger partial charge in [-0.15, -0.1) is 0 Å². The molecule has 2 amide bonds. The Morgan fingerprint density at radius 1 is 1.12 bits per heavy atom. The van der Waals surface area contributed by atoms with E-state index < -0.39 is 0 Å². The van der Waals surface area contributed by atoms with E-state index in [1.54, 1.807) is 25.4 Å². The Balaban J connectivity index is 1.73. The number of ether oxygens (including phenoxy) is 1. The van der Waals surface area contributed by atoms with Gasteiger partial charge in [0.15, 0.2) is 0 Å². The second kappa shape index (κ2) is 9.42. The van der Waals surface area contributed by atoms with Crippen LogP contribution in [0.1, 0.15) is 35.2 Å². The summed E-state index contributed by atoms with van der Waals surface area (Å²) in [6.07, 6.45) is 3.47. The molecular weight excluding hydrogens is 318 g/mol. The van der Waals surface area contributed by atoms with E-state index >= 15 is 0 Å². The lowest BCUT2D eigenvalue weighted by molar-refractivity contribution is -0.121. The highest BCUT2D eigenvalue weighted by molar-refractivity contribution is 5.93. The number of aromatic nitrogens is 1. The van der Waals surface area contributed by atoms with Crippen molar-refractivity contribution in [1.29, 1.82) is 0 Å². The van der Waals surface area contributed by atoms with E-state index in [-0.39, 0.29) is 17.7 Å². The van der Waals surface area contributed by atoms with E-state index in [0.29, 0.717) is 25.1 Å². The molecule has 2 N–H and O–H groups in total. The average molecular weight is 341 g/mol. The van der Waals surface area contributed by atoms with Gasteiger partial charge in [0.2, 0.25) is 5.91 Å². The van der Waals surface area contributed by atoms with Crippen molar-refractivity contribution in [3.8, 4) is 5.75 Å². The smallest absolute Gasteiger partial charge is 0.252 e. The normalized spacial score (nSPS) is 11.4. The number of nitrogens with zero attached hydrogens (tertiary/aromatic N) is 1. The topological polar surface area (TPSA) is 80.3 Å². The van der Waals surface area contributed by atoms with Gasteiger partial charge in [-0.05, 0) is 29.7 Å². The molecule has 1 heterocycles. The van der Waals surface area contributed by atoms with Crippen molar-refractivity contribution in [3.05, 3.63) is 59.9 Å². The van der Waals surface area contributed by atoms with Gasteiger partial charge in [0.05, 0.1) is 12.7 Å². The molecule has 1 aromatic carbocycles. The van der Waals surface area contributed by atoms with Crippen LogP contribution in [0.5, 0.6) is 5.75 Å². The fourth-order valence-corrected chi connectivity index (χ4v) is 2.51. The molecular formula is C19H23N3O3. The Hall–Kier alpha value is -2.89. The third kappa shape index (κ3) is 5.60. The summed E-state index contributed by atoms with van der Waals surface area (Å²) in [7, 11) is 1.62. The van der Waals surface area contributed by atoms with Crippen LogP contribution in [-0.2, 0) is 4.79 Å². The summed E-state index contributed by atoms with van der Waals surface area (Å²) in [5.41, 5.74) is 1.50. The Morgan fingerprint density at radius 3 is 2.60 bits per heavy atom. The third-order valence-electron chi connectivity index (χ3n) is 3.82. The van der Waals surface area contributed by atoms with E-state index in [4.69, 9.17) is 4.74 Å². The molecule has 6 heteroatoms. The highest BCUT2D eigenvalue weighted by atomic mass is 16.5. The highest BCUT2D eigenvalue weighted by Crippen LogP contribution is 2.28. The summed E-state index contributed by atoms with van der Waals surface area (Å²) >= 11 is 0. The largest absolute Gasteiger partial charge is 0.496 e. The molecule has 25 heavy (non-hydrogen) atoms. The summed E-state index contributed by atoms with van der Waals surface area (Å²) in [5.74, 6) is 0.562. The second-order valence-corrected chi connectivity index (χ2v) is 5.69. The zero-order valence-electron chi connectivity index (χ0n) is 14.5. The van der Waals surface area contributed by atoms with Crippen LogP contribution in [-0.4, -0.2) is 37.0 Å². The number of methoxy groups -OCH3 is 1. The van der Waals surface area contributed by atoms with E-state index in [1.165, 1.54) is 6.20 Å². The van der Waals surface area contributed by atoms with Gasteiger partial charge < -0.3 is 15.4 Å². The lowest BCUT2D eigenvalue weighted by Gasteiger charge is -2.15. The first-order valence-corrected chi connectivity index (χ1v) is 8.19. The molecule has 0 fully saturated rings. The van der Waals surface area contributed by atoms with Crippen LogP contribution >= 0.6 is 0 Å². The number of benzene rings is 1. The van der Waals surface area contributed by atoms with Crippen molar-refractivity contribution in [2.75, 3.05) is 20.2 Å². The molecule has 0 aliphatic rings. The molecule has 0 aliphatic carbocycles. The number of hydrogen-bond acceptors (Lipinski definition) is 4.